The Bertz CT molecular complexity index is 510. The Morgan fingerprint density at radius 2 is 2.33 bits per heavy atom. The number of aliphatic hydroxyl groups excluding tert-OH is 1. The molecule has 0 spiro atoms. The van der Waals surface area contributed by atoms with Crippen molar-refractivity contribution in [1.29, 1.82) is 0 Å². The van der Waals surface area contributed by atoms with Crippen molar-refractivity contribution in [2.45, 2.75) is 45.3 Å². The second-order valence-electron chi connectivity index (χ2n) is 5.54. The minimum atomic E-state index is -0.424. The first-order valence-electron chi connectivity index (χ1n) is 7.29. The first-order chi connectivity index (χ1) is 9.99. The van der Waals surface area contributed by atoms with Crippen LogP contribution in [-0.2, 0) is 4.79 Å². The van der Waals surface area contributed by atoms with Gasteiger partial charge in [0.25, 0.3) is 5.91 Å². The van der Waals surface area contributed by atoms with Crippen molar-refractivity contribution in [1.82, 2.24) is 10.2 Å². The van der Waals surface area contributed by atoms with E-state index in [1.54, 1.807) is 24.8 Å². The molecule has 0 saturated carbocycles. The number of rotatable bonds is 5. The summed E-state index contributed by atoms with van der Waals surface area (Å²) >= 11 is 0. The number of nitrogens with one attached hydrogen (secondary N) is 1. The van der Waals surface area contributed by atoms with Crippen molar-refractivity contribution in [3.05, 3.63) is 23.7 Å². The maximum absolute atomic E-state index is 12.2. The van der Waals surface area contributed by atoms with Gasteiger partial charge in [0.1, 0.15) is 5.76 Å². The number of amides is 2. The van der Waals surface area contributed by atoms with E-state index in [2.05, 4.69) is 5.32 Å². The largest absolute Gasteiger partial charge is 0.469 e. The summed E-state index contributed by atoms with van der Waals surface area (Å²) in [5.41, 5.74) is 0.449. The molecule has 1 aliphatic heterocycles. The molecule has 0 aromatic carbocycles. The molecule has 1 aliphatic rings. The molecule has 2 amide bonds. The van der Waals surface area contributed by atoms with E-state index in [-0.39, 0.29) is 24.4 Å². The molecule has 2 heterocycles. The molecule has 6 heteroatoms. The Kier molecular flexibility index (Phi) is 5.01. The Morgan fingerprint density at radius 1 is 1.57 bits per heavy atom. The van der Waals surface area contributed by atoms with Crippen LogP contribution in [-0.4, -0.2) is 47.1 Å². The molecule has 0 bridgehead atoms. The van der Waals surface area contributed by atoms with Crippen LogP contribution in [0.3, 0.4) is 0 Å². The van der Waals surface area contributed by atoms with Gasteiger partial charge in [-0.2, -0.15) is 0 Å². The van der Waals surface area contributed by atoms with Crippen LogP contribution < -0.4 is 5.32 Å². The molecule has 2 unspecified atom stereocenters. The maximum Gasteiger partial charge on any atom is 0.255 e. The van der Waals surface area contributed by atoms with Crippen LogP contribution in [0.1, 0.15) is 42.3 Å². The number of carbonyl (C=O) groups excluding carboxylic acids is 2. The van der Waals surface area contributed by atoms with E-state index in [0.29, 0.717) is 24.3 Å². The van der Waals surface area contributed by atoms with Crippen LogP contribution >= 0.6 is 0 Å². The molecular formula is C15H22N2O4. The van der Waals surface area contributed by atoms with E-state index >= 15 is 0 Å². The molecule has 21 heavy (non-hydrogen) atoms. The van der Waals surface area contributed by atoms with Gasteiger partial charge in [0.05, 0.1) is 24.5 Å². The zero-order valence-corrected chi connectivity index (χ0v) is 12.5. The van der Waals surface area contributed by atoms with Gasteiger partial charge in [-0.15, -0.1) is 0 Å². The molecule has 6 nitrogen and oxygen atoms in total. The molecule has 0 aliphatic carbocycles. The highest BCUT2D eigenvalue weighted by molar-refractivity contribution is 5.97. The smallest absolute Gasteiger partial charge is 0.255 e. The minimum absolute atomic E-state index is 0.0280. The molecule has 0 radical (unpaired) electrons. The Balaban J connectivity index is 1.87. The highest BCUT2D eigenvalue weighted by Crippen LogP contribution is 2.21. The SMILES string of the molecule is Cc1occc1C(=O)NCC(=O)N1CCCC1CC(C)O. The third kappa shape index (κ3) is 3.85. The summed E-state index contributed by atoms with van der Waals surface area (Å²) in [6.45, 7) is 4.09. The van der Waals surface area contributed by atoms with Crippen LogP contribution in [0, 0.1) is 6.92 Å². The summed E-state index contributed by atoms with van der Waals surface area (Å²) in [5.74, 6) is 0.127. The average Bonchev–Trinajstić information content (AvgIpc) is 3.04. The molecule has 2 rings (SSSR count). The summed E-state index contributed by atoms with van der Waals surface area (Å²) in [6.07, 6.45) is 3.46. The lowest BCUT2D eigenvalue weighted by molar-refractivity contribution is -0.131. The fourth-order valence-electron chi connectivity index (χ4n) is 2.78. The summed E-state index contributed by atoms with van der Waals surface area (Å²) < 4.78 is 5.07. The van der Waals surface area contributed by atoms with Gasteiger partial charge in [-0.25, -0.2) is 0 Å². The van der Waals surface area contributed by atoms with Crippen LogP contribution in [0.4, 0.5) is 0 Å². The number of nitrogens with zero attached hydrogens (tertiary/aromatic N) is 1. The fourth-order valence-corrected chi connectivity index (χ4v) is 2.78. The number of likely N-dealkylation sites (tertiary alicyclic amines) is 1. The van der Waals surface area contributed by atoms with Crippen molar-refractivity contribution >= 4 is 11.8 Å². The molecule has 1 fully saturated rings. The van der Waals surface area contributed by atoms with Gasteiger partial charge in [-0.1, -0.05) is 0 Å². The maximum atomic E-state index is 12.2. The van der Waals surface area contributed by atoms with Crippen molar-refractivity contribution in [3.63, 3.8) is 0 Å². The van der Waals surface area contributed by atoms with E-state index in [1.807, 2.05) is 0 Å². The number of aliphatic hydroxyl groups is 1. The minimum Gasteiger partial charge on any atom is -0.469 e. The summed E-state index contributed by atoms with van der Waals surface area (Å²) in [4.78, 5) is 25.9. The van der Waals surface area contributed by atoms with E-state index in [4.69, 9.17) is 4.42 Å². The van der Waals surface area contributed by atoms with Gasteiger partial charge < -0.3 is 19.7 Å². The normalized spacial score (nSPS) is 19.6. The van der Waals surface area contributed by atoms with Crippen LogP contribution in [0.2, 0.25) is 0 Å². The van der Waals surface area contributed by atoms with Crippen molar-refractivity contribution in [3.8, 4) is 0 Å². The molecule has 116 valence electrons. The van der Waals surface area contributed by atoms with Crippen LogP contribution in [0.5, 0.6) is 0 Å². The standard InChI is InChI=1S/C15H22N2O4/c1-10(18)8-12-4-3-6-17(12)14(19)9-16-15(20)13-5-7-21-11(13)2/h5,7,10,12,18H,3-4,6,8-9H2,1-2H3,(H,16,20). The second kappa shape index (κ2) is 6.76. The molecule has 2 N–H and O–H groups in total. The highest BCUT2D eigenvalue weighted by Gasteiger charge is 2.29. The molecule has 2 atom stereocenters. The van der Waals surface area contributed by atoms with Gasteiger partial charge in [0.15, 0.2) is 0 Å². The molecule has 1 aromatic heterocycles. The number of aryl methyl sites for hydroxylation is 1. The zero-order valence-electron chi connectivity index (χ0n) is 12.5. The number of hydrogen-bond donors (Lipinski definition) is 2. The van der Waals surface area contributed by atoms with Crippen LogP contribution in [0.25, 0.3) is 0 Å². The predicted octanol–water partition coefficient (Wildman–Crippen LogP) is 1.08. The van der Waals surface area contributed by atoms with E-state index in [9.17, 15) is 14.7 Å². The first-order valence-corrected chi connectivity index (χ1v) is 7.29. The topological polar surface area (TPSA) is 82.8 Å². The monoisotopic (exact) mass is 294 g/mol. The van der Waals surface area contributed by atoms with Crippen molar-refractivity contribution in [2.75, 3.05) is 13.1 Å². The van der Waals surface area contributed by atoms with E-state index in [1.165, 1.54) is 6.26 Å². The summed E-state index contributed by atoms with van der Waals surface area (Å²) in [6, 6.07) is 1.66. The van der Waals surface area contributed by atoms with Crippen molar-refractivity contribution < 1.29 is 19.1 Å². The van der Waals surface area contributed by atoms with Gasteiger partial charge in [0.2, 0.25) is 5.91 Å². The Morgan fingerprint density at radius 3 is 2.95 bits per heavy atom. The van der Waals surface area contributed by atoms with E-state index in [0.717, 1.165) is 12.8 Å². The van der Waals surface area contributed by atoms with Gasteiger partial charge in [0, 0.05) is 12.6 Å². The number of hydrogen-bond acceptors (Lipinski definition) is 4. The van der Waals surface area contributed by atoms with Crippen LogP contribution in [0.15, 0.2) is 16.7 Å². The second-order valence-corrected chi connectivity index (χ2v) is 5.54. The quantitative estimate of drug-likeness (QED) is 0.851. The van der Waals surface area contributed by atoms with Gasteiger partial charge >= 0.3 is 0 Å². The lowest BCUT2D eigenvalue weighted by atomic mass is 10.1. The highest BCUT2D eigenvalue weighted by atomic mass is 16.3. The van der Waals surface area contributed by atoms with Gasteiger partial charge in [-0.05, 0) is 39.2 Å². The summed E-state index contributed by atoms with van der Waals surface area (Å²) in [7, 11) is 0. The third-order valence-corrected chi connectivity index (χ3v) is 3.81. The third-order valence-electron chi connectivity index (χ3n) is 3.81. The number of carbonyl (C=O) groups is 2. The molecule has 1 aromatic rings. The molecule has 1 saturated heterocycles. The van der Waals surface area contributed by atoms with Gasteiger partial charge in [-0.3, -0.25) is 9.59 Å². The predicted molar refractivity (Wildman–Crippen MR) is 76.8 cm³/mol. The lowest BCUT2D eigenvalue weighted by Crippen LogP contribution is -2.43. The summed E-state index contributed by atoms with van der Waals surface area (Å²) in [5, 5.41) is 12.1. The lowest BCUT2D eigenvalue weighted by Gasteiger charge is -2.25. The Labute approximate surface area is 124 Å². The Hall–Kier alpha value is -1.82. The number of furan rings is 1. The van der Waals surface area contributed by atoms with Crippen molar-refractivity contribution in [2.24, 2.45) is 0 Å². The fraction of sp³-hybridized carbons (Fsp3) is 0.600. The zero-order chi connectivity index (χ0) is 15.4. The van der Waals surface area contributed by atoms with E-state index < -0.39 is 6.10 Å². The molecular weight excluding hydrogens is 272 g/mol. The first kappa shape index (κ1) is 15.6. The average molecular weight is 294 g/mol.